The first-order chi connectivity index (χ1) is 6.85. The van der Waals surface area contributed by atoms with Crippen molar-refractivity contribution < 1.29 is 4.74 Å². The van der Waals surface area contributed by atoms with Gasteiger partial charge in [0.1, 0.15) is 11.8 Å². The lowest BCUT2D eigenvalue weighted by molar-refractivity contribution is 0.415. The van der Waals surface area contributed by atoms with Crippen molar-refractivity contribution in [3.8, 4) is 11.8 Å². The van der Waals surface area contributed by atoms with Gasteiger partial charge >= 0.3 is 0 Å². The summed E-state index contributed by atoms with van der Waals surface area (Å²) in [5, 5.41) is 10.7. The van der Waals surface area contributed by atoms with Crippen LogP contribution in [0.3, 0.4) is 0 Å². The molecule has 0 aliphatic carbocycles. The molecular formula is C11H8N2O. The van der Waals surface area contributed by atoms with Gasteiger partial charge in [-0.15, -0.1) is 0 Å². The average molecular weight is 184 g/mol. The SMILES string of the molecule is COc1ccc2cncc(C#N)c2c1. The lowest BCUT2D eigenvalue weighted by Gasteiger charge is -2.02. The summed E-state index contributed by atoms with van der Waals surface area (Å²) in [6.45, 7) is 0. The molecule has 0 aliphatic heterocycles. The Morgan fingerprint density at radius 2 is 2.21 bits per heavy atom. The van der Waals surface area contributed by atoms with Crippen LogP contribution in [0.1, 0.15) is 5.56 Å². The maximum atomic E-state index is 8.87. The fourth-order valence-electron chi connectivity index (χ4n) is 1.36. The average Bonchev–Trinajstić information content (AvgIpc) is 2.27. The lowest BCUT2D eigenvalue weighted by Crippen LogP contribution is -1.86. The van der Waals surface area contributed by atoms with Crippen LogP contribution in [0, 0.1) is 11.3 Å². The molecule has 0 N–H and O–H groups in total. The number of benzene rings is 1. The Morgan fingerprint density at radius 1 is 1.36 bits per heavy atom. The second-order valence-electron chi connectivity index (χ2n) is 2.89. The summed E-state index contributed by atoms with van der Waals surface area (Å²) >= 11 is 0. The number of methoxy groups -OCH3 is 1. The molecule has 0 amide bonds. The zero-order valence-corrected chi connectivity index (χ0v) is 7.69. The van der Waals surface area contributed by atoms with Gasteiger partial charge in [-0.25, -0.2) is 0 Å². The Bertz CT molecular complexity index is 514. The minimum absolute atomic E-state index is 0.571. The van der Waals surface area contributed by atoms with E-state index in [0.29, 0.717) is 5.56 Å². The quantitative estimate of drug-likeness (QED) is 0.681. The summed E-state index contributed by atoms with van der Waals surface area (Å²) < 4.78 is 5.09. The number of rotatable bonds is 1. The summed E-state index contributed by atoms with van der Waals surface area (Å²) in [5.41, 5.74) is 0.571. The summed E-state index contributed by atoms with van der Waals surface area (Å²) in [4.78, 5) is 3.98. The van der Waals surface area contributed by atoms with Gasteiger partial charge in [-0.1, -0.05) is 0 Å². The van der Waals surface area contributed by atoms with Gasteiger partial charge < -0.3 is 4.74 Å². The molecule has 0 radical (unpaired) electrons. The van der Waals surface area contributed by atoms with Crippen LogP contribution in [0.15, 0.2) is 30.6 Å². The summed E-state index contributed by atoms with van der Waals surface area (Å²) in [6, 6.07) is 7.69. The largest absolute Gasteiger partial charge is 0.497 e. The van der Waals surface area contributed by atoms with E-state index in [9.17, 15) is 0 Å². The number of aromatic nitrogens is 1. The van der Waals surface area contributed by atoms with E-state index < -0.39 is 0 Å². The van der Waals surface area contributed by atoms with E-state index in [0.717, 1.165) is 16.5 Å². The number of nitriles is 1. The molecule has 68 valence electrons. The number of ether oxygens (including phenoxy) is 1. The minimum Gasteiger partial charge on any atom is -0.497 e. The first-order valence-corrected chi connectivity index (χ1v) is 4.17. The van der Waals surface area contributed by atoms with Crippen molar-refractivity contribution in [3.63, 3.8) is 0 Å². The summed E-state index contributed by atoms with van der Waals surface area (Å²) in [5.74, 6) is 0.750. The molecule has 1 aromatic heterocycles. The van der Waals surface area contributed by atoms with E-state index in [-0.39, 0.29) is 0 Å². The highest BCUT2D eigenvalue weighted by Crippen LogP contribution is 2.22. The van der Waals surface area contributed by atoms with Crippen molar-refractivity contribution in [3.05, 3.63) is 36.2 Å². The Labute approximate surface area is 81.6 Å². The Balaban J connectivity index is 2.78. The normalized spacial score (nSPS) is 9.71. The van der Waals surface area contributed by atoms with Crippen LogP contribution in [-0.2, 0) is 0 Å². The van der Waals surface area contributed by atoms with Gasteiger partial charge in [0.05, 0.1) is 12.7 Å². The molecule has 0 saturated heterocycles. The van der Waals surface area contributed by atoms with E-state index >= 15 is 0 Å². The van der Waals surface area contributed by atoms with Crippen LogP contribution in [-0.4, -0.2) is 12.1 Å². The predicted molar refractivity (Wildman–Crippen MR) is 53.0 cm³/mol. The number of hydrogen-bond donors (Lipinski definition) is 0. The molecule has 0 fully saturated rings. The highest BCUT2D eigenvalue weighted by Gasteiger charge is 2.01. The molecular weight excluding hydrogens is 176 g/mol. The Kier molecular flexibility index (Phi) is 2.04. The molecule has 14 heavy (non-hydrogen) atoms. The molecule has 2 rings (SSSR count). The third kappa shape index (κ3) is 1.27. The first-order valence-electron chi connectivity index (χ1n) is 4.17. The molecule has 0 aliphatic rings. The van der Waals surface area contributed by atoms with Crippen LogP contribution in [0.2, 0.25) is 0 Å². The molecule has 1 aromatic carbocycles. The number of nitrogens with zero attached hydrogens (tertiary/aromatic N) is 2. The third-order valence-electron chi connectivity index (χ3n) is 2.09. The molecule has 0 bridgehead atoms. The van der Waals surface area contributed by atoms with E-state index in [4.69, 9.17) is 10.00 Å². The van der Waals surface area contributed by atoms with Crippen molar-refractivity contribution in [2.24, 2.45) is 0 Å². The van der Waals surface area contributed by atoms with Gasteiger partial charge in [0.15, 0.2) is 0 Å². The molecule has 3 nitrogen and oxygen atoms in total. The zero-order valence-electron chi connectivity index (χ0n) is 7.69. The maximum Gasteiger partial charge on any atom is 0.119 e. The van der Waals surface area contributed by atoms with Crippen LogP contribution >= 0.6 is 0 Å². The third-order valence-corrected chi connectivity index (χ3v) is 2.09. The predicted octanol–water partition coefficient (Wildman–Crippen LogP) is 2.12. The number of fused-ring (bicyclic) bond motifs is 1. The van der Waals surface area contributed by atoms with Crippen LogP contribution in [0.4, 0.5) is 0 Å². The van der Waals surface area contributed by atoms with Crippen LogP contribution in [0.25, 0.3) is 10.8 Å². The van der Waals surface area contributed by atoms with Gasteiger partial charge in [0.2, 0.25) is 0 Å². The highest BCUT2D eigenvalue weighted by molar-refractivity contribution is 5.87. The van der Waals surface area contributed by atoms with Crippen molar-refractivity contribution in [1.29, 1.82) is 5.26 Å². The van der Waals surface area contributed by atoms with Crippen LogP contribution < -0.4 is 4.74 Å². The zero-order chi connectivity index (χ0) is 9.97. The van der Waals surface area contributed by atoms with E-state index in [1.165, 1.54) is 0 Å². The second-order valence-corrected chi connectivity index (χ2v) is 2.89. The smallest absolute Gasteiger partial charge is 0.119 e. The fourth-order valence-corrected chi connectivity index (χ4v) is 1.36. The van der Waals surface area contributed by atoms with Crippen molar-refractivity contribution in [2.45, 2.75) is 0 Å². The molecule has 3 heteroatoms. The highest BCUT2D eigenvalue weighted by atomic mass is 16.5. The number of hydrogen-bond acceptors (Lipinski definition) is 3. The molecule has 0 unspecified atom stereocenters. The fraction of sp³-hybridized carbons (Fsp3) is 0.0909. The topological polar surface area (TPSA) is 45.9 Å². The second kappa shape index (κ2) is 3.35. The first kappa shape index (κ1) is 8.52. The monoisotopic (exact) mass is 184 g/mol. The van der Waals surface area contributed by atoms with E-state index in [1.807, 2.05) is 18.2 Å². The van der Waals surface area contributed by atoms with Crippen LogP contribution in [0.5, 0.6) is 5.75 Å². The summed E-state index contributed by atoms with van der Waals surface area (Å²) in [6.07, 6.45) is 3.29. The lowest BCUT2D eigenvalue weighted by atomic mass is 10.1. The summed E-state index contributed by atoms with van der Waals surface area (Å²) in [7, 11) is 1.61. The van der Waals surface area contributed by atoms with Gasteiger partial charge in [0, 0.05) is 23.2 Å². The van der Waals surface area contributed by atoms with Crippen molar-refractivity contribution in [1.82, 2.24) is 4.98 Å². The number of pyridine rings is 1. The van der Waals surface area contributed by atoms with Crippen molar-refractivity contribution in [2.75, 3.05) is 7.11 Å². The van der Waals surface area contributed by atoms with Gasteiger partial charge in [-0.05, 0) is 18.2 Å². The minimum atomic E-state index is 0.571. The van der Waals surface area contributed by atoms with Gasteiger partial charge in [0.25, 0.3) is 0 Å². The van der Waals surface area contributed by atoms with Crippen molar-refractivity contribution >= 4 is 10.8 Å². The maximum absolute atomic E-state index is 8.87. The van der Waals surface area contributed by atoms with Gasteiger partial charge in [-0.2, -0.15) is 5.26 Å². The van der Waals surface area contributed by atoms with Gasteiger partial charge in [-0.3, -0.25) is 4.98 Å². The Hall–Kier alpha value is -2.08. The van der Waals surface area contributed by atoms with E-state index in [2.05, 4.69) is 11.1 Å². The Morgan fingerprint density at radius 3 is 2.93 bits per heavy atom. The standard InChI is InChI=1S/C11H8N2O/c1-14-10-3-2-8-6-13-7-9(5-12)11(8)4-10/h2-4,6-7H,1H3. The molecule has 2 aromatic rings. The molecule has 0 atom stereocenters. The molecule has 0 saturated carbocycles. The molecule has 0 spiro atoms. The molecule has 1 heterocycles. The van der Waals surface area contributed by atoms with E-state index in [1.54, 1.807) is 19.5 Å².